The Bertz CT molecular complexity index is 724. The number of hydrogen-bond acceptors (Lipinski definition) is 3. The van der Waals surface area contributed by atoms with Gasteiger partial charge in [-0.15, -0.1) is 24.0 Å². The number of hydrogen-bond donors (Lipinski definition) is 2. The van der Waals surface area contributed by atoms with Gasteiger partial charge < -0.3 is 10.6 Å². The molecule has 1 heterocycles. The lowest BCUT2D eigenvalue weighted by molar-refractivity contribution is 0.647. The summed E-state index contributed by atoms with van der Waals surface area (Å²) in [5.41, 5.74) is 2.30. The van der Waals surface area contributed by atoms with Crippen molar-refractivity contribution in [1.82, 2.24) is 20.4 Å². The molecule has 0 bridgehead atoms. The maximum Gasteiger partial charge on any atom is 0.191 e. The SMILES string of the molecule is CN=C(NCCc1ccc(-n2cccn2)cc1)NCCS(=O)C(C)(C)C.I. The van der Waals surface area contributed by atoms with Gasteiger partial charge in [0.25, 0.3) is 0 Å². The van der Waals surface area contributed by atoms with Crippen LogP contribution in [0.2, 0.25) is 0 Å². The van der Waals surface area contributed by atoms with E-state index in [9.17, 15) is 4.21 Å². The molecule has 0 radical (unpaired) electrons. The molecule has 0 saturated carbocycles. The van der Waals surface area contributed by atoms with Gasteiger partial charge in [0.15, 0.2) is 5.96 Å². The van der Waals surface area contributed by atoms with E-state index in [1.807, 2.05) is 37.7 Å². The van der Waals surface area contributed by atoms with Gasteiger partial charge in [-0.25, -0.2) is 4.68 Å². The number of benzene rings is 1. The Morgan fingerprint density at radius 1 is 1.19 bits per heavy atom. The van der Waals surface area contributed by atoms with Gasteiger partial charge in [-0.1, -0.05) is 12.1 Å². The Morgan fingerprint density at radius 2 is 1.85 bits per heavy atom. The lowest BCUT2D eigenvalue weighted by Crippen LogP contribution is -2.41. The van der Waals surface area contributed by atoms with Crippen LogP contribution in [0.4, 0.5) is 0 Å². The van der Waals surface area contributed by atoms with E-state index in [1.54, 1.807) is 13.2 Å². The van der Waals surface area contributed by atoms with Gasteiger partial charge in [0, 0.05) is 53.8 Å². The van der Waals surface area contributed by atoms with Crippen LogP contribution in [0.5, 0.6) is 0 Å². The molecule has 0 aliphatic carbocycles. The fourth-order valence-electron chi connectivity index (χ4n) is 2.35. The first-order chi connectivity index (χ1) is 12.4. The number of aliphatic imine (C=N–C) groups is 1. The predicted molar refractivity (Wildman–Crippen MR) is 125 cm³/mol. The fourth-order valence-corrected chi connectivity index (χ4v) is 3.25. The summed E-state index contributed by atoms with van der Waals surface area (Å²) in [7, 11) is 0.886. The van der Waals surface area contributed by atoms with Crippen LogP contribution >= 0.6 is 24.0 Å². The highest BCUT2D eigenvalue weighted by Crippen LogP contribution is 2.10. The molecule has 27 heavy (non-hydrogen) atoms. The summed E-state index contributed by atoms with van der Waals surface area (Å²) in [6.07, 6.45) is 4.60. The molecule has 2 N–H and O–H groups in total. The minimum Gasteiger partial charge on any atom is -0.356 e. The molecule has 8 heteroatoms. The molecule has 150 valence electrons. The topological polar surface area (TPSA) is 71.3 Å². The molecule has 0 spiro atoms. The number of rotatable bonds is 7. The monoisotopic (exact) mass is 503 g/mol. The standard InChI is InChI=1S/C19H29N5OS.HI/c1-19(2,3)26(25)15-13-22-18(20-4)21-12-10-16-6-8-17(9-7-16)24-14-5-11-23-24;/h5-9,11,14H,10,12-13,15H2,1-4H3,(H2,20,21,22);1H. The molecule has 0 saturated heterocycles. The second kappa shape index (κ2) is 11.4. The van der Waals surface area contributed by atoms with Crippen molar-refractivity contribution in [3.63, 3.8) is 0 Å². The number of nitrogens with zero attached hydrogens (tertiary/aromatic N) is 3. The van der Waals surface area contributed by atoms with Crippen molar-refractivity contribution in [1.29, 1.82) is 0 Å². The minimum absolute atomic E-state index is 0. The third-order valence-corrected chi connectivity index (χ3v) is 5.84. The lowest BCUT2D eigenvalue weighted by Gasteiger charge is -2.18. The highest BCUT2D eigenvalue weighted by molar-refractivity contribution is 14.0. The predicted octanol–water partition coefficient (Wildman–Crippen LogP) is 2.75. The first-order valence-corrected chi connectivity index (χ1v) is 10.1. The summed E-state index contributed by atoms with van der Waals surface area (Å²) in [6, 6.07) is 10.3. The summed E-state index contributed by atoms with van der Waals surface area (Å²) in [5, 5.41) is 10.7. The van der Waals surface area contributed by atoms with Gasteiger partial charge in [0.2, 0.25) is 0 Å². The van der Waals surface area contributed by atoms with E-state index >= 15 is 0 Å². The number of nitrogens with one attached hydrogen (secondary N) is 2. The Hall–Kier alpha value is -1.42. The molecule has 0 fully saturated rings. The Labute approximate surface area is 181 Å². The summed E-state index contributed by atoms with van der Waals surface area (Å²) in [4.78, 5) is 4.21. The zero-order chi connectivity index (χ0) is 19.0. The summed E-state index contributed by atoms with van der Waals surface area (Å²) < 4.78 is 13.7. The van der Waals surface area contributed by atoms with E-state index < -0.39 is 10.8 Å². The van der Waals surface area contributed by atoms with Crippen LogP contribution in [0.1, 0.15) is 26.3 Å². The van der Waals surface area contributed by atoms with Gasteiger partial charge in [-0.2, -0.15) is 5.10 Å². The van der Waals surface area contributed by atoms with Crippen molar-refractivity contribution in [3.05, 3.63) is 48.3 Å². The molecule has 2 rings (SSSR count). The van der Waals surface area contributed by atoms with Gasteiger partial charge in [0.05, 0.1) is 5.69 Å². The van der Waals surface area contributed by atoms with Crippen LogP contribution in [-0.2, 0) is 17.2 Å². The Morgan fingerprint density at radius 3 is 2.41 bits per heavy atom. The summed E-state index contributed by atoms with van der Waals surface area (Å²) in [5.74, 6) is 1.35. The zero-order valence-electron chi connectivity index (χ0n) is 16.4. The second-order valence-corrected chi connectivity index (χ2v) is 9.28. The second-order valence-electron chi connectivity index (χ2n) is 6.95. The van der Waals surface area contributed by atoms with Crippen LogP contribution in [0.25, 0.3) is 5.69 Å². The molecule has 1 atom stereocenters. The third kappa shape index (κ3) is 8.00. The maximum atomic E-state index is 12.1. The quantitative estimate of drug-likeness (QED) is 0.347. The van der Waals surface area contributed by atoms with Crippen LogP contribution in [0, 0.1) is 0 Å². The van der Waals surface area contributed by atoms with E-state index in [-0.39, 0.29) is 28.7 Å². The molecular weight excluding hydrogens is 473 g/mol. The van der Waals surface area contributed by atoms with Gasteiger partial charge >= 0.3 is 0 Å². The average molecular weight is 503 g/mol. The molecule has 0 amide bonds. The highest BCUT2D eigenvalue weighted by Gasteiger charge is 2.18. The van der Waals surface area contributed by atoms with Crippen molar-refractivity contribution in [2.24, 2.45) is 4.99 Å². The molecule has 0 aliphatic heterocycles. The van der Waals surface area contributed by atoms with Gasteiger partial charge in [-0.05, 0) is 51.0 Å². The maximum absolute atomic E-state index is 12.1. The Kier molecular flexibility index (Phi) is 10.00. The molecule has 1 aromatic heterocycles. The normalized spacial score (nSPS) is 13.0. The third-order valence-electron chi connectivity index (χ3n) is 3.90. The van der Waals surface area contributed by atoms with Crippen LogP contribution in [0.3, 0.4) is 0 Å². The van der Waals surface area contributed by atoms with Crippen LogP contribution in [-0.4, -0.2) is 50.6 Å². The fraction of sp³-hybridized carbons (Fsp3) is 0.474. The highest BCUT2D eigenvalue weighted by atomic mass is 127. The molecule has 0 aliphatic rings. The van der Waals surface area contributed by atoms with E-state index in [1.165, 1.54) is 5.56 Å². The molecule has 1 unspecified atom stereocenters. The first-order valence-electron chi connectivity index (χ1n) is 8.82. The van der Waals surface area contributed by atoms with Gasteiger partial charge in [-0.3, -0.25) is 9.20 Å². The van der Waals surface area contributed by atoms with E-state index in [4.69, 9.17) is 0 Å². The van der Waals surface area contributed by atoms with Gasteiger partial charge in [0.1, 0.15) is 0 Å². The smallest absolute Gasteiger partial charge is 0.191 e. The van der Waals surface area contributed by atoms with Crippen molar-refractivity contribution in [2.45, 2.75) is 31.9 Å². The van der Waals surface area contributed by atoms with E-state index in [0.717, 1.165) is 24.6 Å². The van der Waals surface area contributed by atoms with Crippen LogP contribution in [0.15, 0.2) is 47.7 Å². The molecule has 2 aromatic rings. The lowest BCUT2D eigenvalue weighted by atomic mass is 10.1. The summed E-state index contributed by atoms with van der Waals surface area (Å²) in [6.45, 7) is 7.40. The van der Waals surface area contributed by atoms with E-state index in [2.05, 4.69) is 45.0 Å². The van der Waals surface area contributed by atoms with E-state index in [0.29, 0.717) is 12.3 Å². The number of halogens is 1. The van der Waals surface area contributed by atoms with Crippen molar-refractivity contribution in [3.8, 4) is 5.69 Å². The number of aromatic nitrogens is 2. The zero-order valence-corrected chi connectivity index (χ0v) is 19.6. The average Bonchev–Trinajstić information content (AvgIpc) is 3.14. The first kappa shape index (κ1) is 23.6. The molecular formula is C19H30IN5OS. The van der Waals surface area contributed by atoms with Crippen LogP contribution < -0.4 is 10.6 Å². The van der Waals surface area contributed by atoms with Crippen molar-refractivity contribution >= 4 is 40.7 Å². The van der Waals surface area contributed by atoms with Crippen molar-refractivity contribution < 1.29 is 4.21 Å². The summed E-state index contributed by atoms with van der Waals surface area (Å²) >= 11 is 0. The number of guanidine groups is 1. The Balaban J connectivity index is 0.00000364. The minimum atomic E-state index is -0.859. The molecule has 6 nitrogen and oxygen atoms in total. The molecule has 1 aromatic carbocycles. The largest absolute Gasteiger partial charge is 0.356 e. The van der Waals surface area contributed by atoms with Crippen molar-refractivity contribution in [2.75, 3.05) is 25.9 Å².